The molecule has 1 atom stereocenters. The Morgan fingerprint density at radius 1 is 1.43 bits per heavy atom. The van der Waals surface area contributed by atoms with Gasteiger partial charge in [-0.05, 0) is 43.6 Å². The highest BCUT2D eigenvalue weighted by Crippen LogP contribution is 2.23. The van der Waals surface area contributed by atoms with Crippen LogP contribution in [0.1, 0.15) is 12.1 Å². The smallest absolute Gasteiger partial charge is 0.226 e. The predicted octanol–water partition coefficient (Wildman–Crippen LogP) is 3.20. The van der Waals surface area contributed by atoms with E-state index in [4.69, 9.17) is 21.8 Å². The topological polar surface area (TPSA) is 55.3 Å². The van der Waals surface area contributed by atoms with Gasteiger partial charge in [0.05, 0.1) is 5.69 Å². The lowest BCUT2D eigenvalue weighted by Crippen LogP contribution is -2.22. The predicted molar refractivity (Wildman–Crippen MR) is 86.6 cm³/mol. The molecule has 1 aromatic carbocycles. The van der Waals surface area contributed by atoms with Crippen molar-refractivity contribution in [1.29, 1.82) is 0 Å². The lowest BCUT2D eigenvalue weighted by atomic mass is 10.1. The van der Waals surface area contributed by atoms with Crippen molar-refractivity contribution >= 4 is 24.0 Å². The molecular weight excluding hydrogens is 309 g/mol. The van der Waals surface area contributed by atoms with Crippen molar-refractivity contribution in [2.24, 2.45) is 11.7 Å². The van der Waals surface area contributed by atoms with Crippen LogP contribution in [-0.2, 0) is 6.54 Å². The molecule has 1 aromatic heterocycles. The maximum atomic E-state index is 5.98. The Balaban J connectivity index is 0.00000161. The lowest BCUT2D eigenvalue weighted by Gasteiger charge is -2.13. The number of likely N-dealkylation sites (tertiary alicyclic amines) is 1. The first-order chi connectivity index (χ1) is 9.74. The molecule has 1 unspecified atom stereocenters. The summed E-state index contributed by atoms with van der Waals surface area (Å²) in [5.74, 6) is 1.24. The summed E-state index contributed by atoms with van der Waals surface area (Å²) >= 11 is 5.98. The average molecular weight is 328 g/mol. The normalized spacial score (nSPS) is 18.7. The number of nitrogens with zero attached hydrogens (tertiary/aromatic N) is 2. The van der Waals surface area contributed by atoms with Gasteiger partial charge in [0.2, 0.25) is 5.89 Å². The van der Waals surface area contributed by atoms with Crippen molar-refractivity contribution in [2.45, 2.75) is 13.0 Å². The number of halogens is 2. The third-order valence-corrected chi connectivity index (χ3v) is 3.95. The Kier molecular flexibility index (Phi) is 5.65. The second kappa shape index (κ2) is 7.27. The van der Waals surface area contributed by atoms with Gasteiger partial charge < -0.3 is 10.2 Å². The van der Waals surface area contributed by atoms with E-state index in [0.29, 0.717) is 16.8 Å². The molecular formula is C15H19Cl2N3O. The third kappa shape index (κ3) is 3.98. The molecule has 0 amide bonds. The van der Waals surface area contributed by atoms with Crippen LogP contribution in [0.3, 0.4) is 0 Å². The van der Waals surface area contributed by atoms with Crippen molar-refractivity contribution < 1.29 is 4.42 Å². The number of oxazole rings is 1. The van der Waals surface area contributed by atoms with E-state index in [1.54, 1.807) is 6.26 Å². The Hall–Kier alpha value is -1.07. The van der Waals surface area contributed by atoms with Crippen molar-refractivity contribution in [2.75, 3.05) is 19.6 Å². The van der Waals surface area contributed by atoms with Crippen molar-refractivity contribution in [3.63, 3.8) is 0 Å². The van der Waals surface area contributed by atoms with E-state index in [0.717, 1.165) is 37.4 Å². The summed E-state index contributed by atoms with van der Waals surface area (Å²) in [6.45, 7) is 3.72. The zero-order chi connectivity index (χ0) is 13.9. The summed E-state index contributed by atoms with van der Waals surface area (Å²) in [4.78, 5) is 6.91. The van der Waals surface area contributed by atoms with Crippen LogP contribution >= 0.6 is 24.0 Å². The lowest BCUT2D eigenvalue weighted by molar-refractivity contribution is 0.313. The maximum absolute atomic E-state index is 5.98. The zero-order valence-electron chi connectivity index (χ0n) is 11.7. The summed E-state index contributed by atoms with van der Waals surface area (Å²) < 4.78 is 5.55. The van der Waals surface area contributed by atoms with Gasteiger partial charge in [-0.15, -0.1) is 12.4 Å². The van der Waals surface area contributed by atoms with Gasteiger partial charge in [0.25, 0.3) is 0 Å². The SMILES string of the molecule is Cl.NCC1CCN(Cc2coc(-c3cccc(Cl)c3)n2)C1. The van der Waals surface area contributed by atoms with E-state index in [1.165, 1.54) is 6.42 Å². The van der Waals surface area contributed by atoms with E-state index < -0.39 is 0 Å². The fourth-order valence-electron chi connectivity index (χ4n) is 2.61. The minimum Gasteiger partial charge on any atom is -0.444 e. The zero-order valence-corrected chi connectivity index (χ0v) is 13.2. The Morgan fingerprint density at radius 2 is 2.29 bits per heavy atom. The molecule has 0 aliphatic carbocycles. The molecule has 1 aliphatic heterocycles. The summed E-state index contributed by atoms with van der Waals surface area (Å²) in [6.07, 6.45) is 2.90. The minimum atomic E-state index is 0. The van der Waals surface area contributed by atoms with Crippen LogP contribution in [0.25, 0.3) is 11.5 Å². The second-order valence-corrected chi connectivity index (χ2v) is 5.72. The molecule has 4 nitrogen and oxygen atoms in total. The van der Waals surface area contributed by atoms with Gasteiger partial charge in [0.1, 0.15) is 6.26 Å². The van der Waals surface area contributed by atoms with Crippen LogP contribution < -0.4 is 5.73 Å². The summed E-state index contributed by atoms with van der Waals surface area (Å²) in [7, 11) is 0. The van der Waals surface area contributed by atoms with Crippen LogP contribution in [0.2, 0.25) is 5.02 Å². The fraction of sp³-hybridized carbons (Fsp3) is 0.400. The molecule has 114 valence electrons. The second-order valence-electron chi connectivity index (χ2n) is 5.28. The van der Waals surface area contributed by atoms with Crippen LogP contribution in [-0.4, -0.2) is 29.5 Å². The van der Waals surface area contributed by atoms with E-state index in [9.17, 15) is 0 Å². The number of aromatic nitrogens is 1. The molecule has 2 N–H and O–H groups in total. The molecule has 2 aromatic rings. The molecule has 1 aliphatic rings. The van der Waals surface area contributed by atoms with Gasteiger partial charge in [-0.3, -0.25) is 4.90 Å². The molecule has 6 heteroatoms. The van der Waals surface area contributed by atoms with Gasteiger partial charge in [0, 0.05) is 23.7 Å². The van der Waals surface area contributed by atoms with E-state index in [-0.39, 0.29) is 12.4 Å². The number of rotatable bonds is 4. The monoisotopic (exact) mass is 327 g/mol. The summed E-state index contributed by atoms with van der Waals surface area (Å²) in [6, 6.07) is 7.54. The highest BCUT2D eigenvalue weighted by molar-refractivity contribution is 6.30. The Morgan fingerprint density at radius 3 is 3.00 bits per heavy atom. The summed E-state index contributed by atoms with van der Waals surface area (Å²) in [5.41, 5.74) is 7.57. The number of benzene rings is 1. The minimum absolute atomic E-state index is 0. The van der Waals surface area contributed by atoms with E-state index in [1.807, 2.05) is 24.3 Å². The van der Waals surface area contributed by atoms with Crippen molar-refractivity contribution in [3.05, 3.63) is 41.2 Å². The first-order valence-corrected chi connectivity index (χ1v) is 7.25. The van der Waals surface area contributed by atoms with E-state index >= 15 is 0 Å². The first-order valence-electron chi connectivity index (χ1n) is 6.87. The molecule has 0 saturated carbocycles. The molecule has 21 heavy (non-hydrogen) atoms. The fourth-order valence-corrected chi connectivity index (χ4v) is 2.80. The van der Waals surface area contributed by atoms with Gasteiger partial charge in [-0.25, -0.2) is 4.98 Å². The molecule has 2 heterocycles. The highest BCUT2D eigenvalue weighted by atomic mass is 35.5. The van der Waals surface area contributed by atoms with Crippen LogP contribution in [0.5, 0.6) is 0 Å². The molecule has 1 saturated heterocycles. The van der Waals surface area contributed by atoms with Crippen LogP contribution in [0, 0.1) is 5.92 Å². The van der Waals surface area contributed by atoms with Gasteiger partial charge in [-0.1, -0.05) is 17.7 Å². The molecule has 1 fully saturated rings. The molecule has 0 bridgehead atoms. The molecule has 0 radical (unpaired) electrons. The average Bonchev–Trinajstić information content (AvgIpc) is 3.08. The van der Waals surface area contributed by atoms with Gasteiger partial charge >= 0.3 is 0 Å². The highest BCUT2D eigenvalue weighted by Gasteiger charge is 2.22. The number of nitrogens with two attached hydrogens (primary N) is 1. The number of hydrogen-bond acceptors (Lipinski definition) is 4. The van der Waals surface area contributed by atoms with Gasteiger partial charge in [0.15, 0.2) is 0 Å². The van der Waals surface area contributed by atoms with Crippen molar-refractivity contribution in [1.82, 2.24) is 9.88 Å². The standard InChI is InChI=1S/C15H18ClN3O.ClH/c16-13-3-1-2-12(6-13)15-18-14(10-20-15)9-19-5-4-11(7-17)8-19;/h1-3,6,10-11H,4-5,7-9,17H2;1H. The van der Waals surface area contributed by atoms with Gasteiger partial charge in [-0.2, -0.15) is 0 Å². The quantitative estimate of drug-likeness (QED) is 0.936. The van der Waals surface area contributed by atoms with Crippen LogP contribution in [0.15, 0.2) is 34.9 Å². The molecule has 0 spiro atoms. The maximum Gasteiger partial charge on any atom is 0.226 e. The third-order valence-electron chi connectivity index (χ3n) is 3.71. The Bertz CT molecular complexity index is 588. The van der Waals surface area contributed by atoms with E-state index in [2.05, 4.69) is 9.88 Å². The summed E-state index contributed by atoms with van der Waals surface area (Å²) in [5, 5.41) is 0.688. The first kappa shape index (κ1) is 16.3. The number of hydrogen-bond donors (Lipinski definition) is 1. The molecule has 3 rings (SSSR count). The van der Waals surface area contributed by atoms with Crippen molar-refractivity contribution in [3.8, 4) is 11.5 Å². The Labute approximate surface area is 135 Å². The van der Waals surface area contributed by atoms with Crippen LogP contribution in [0.4, 0.5) is 0 Å². The largest absolute Gasteiger partial charge is 0.444 e.